The Morgan fingerprint density at radius 3 is 1.36 bits per heavy atom. The predicted molar refractivity (Wildman–Crippen MR) is 179 cm³/mol. The first-order valence-corrected chi connectivity index (χ1v) is 15.8. The van der Waals surface area contributed by atoms with E-state index < -0.39 is 12.2 Å². The van der Waals surface area contributed by atoms with Gasteiger partial charge in [0.05, 0.1) is 7.11 Å². The van der Waals surface area contributed by atoms with E-state index in [1.54, 1.807) is 19.2 Å². The lowest BCUT2D eigenvalue weighted by molar-refractivity contribution is 0.0152. The van der Waals surface area contributed by atoms with E-state index in [-0.39, 0.29) is 25.0 Å². The molecule has 4 rings (SSSR count). The number of methoxy groups -OCH3 is 1. The second-order valence-corrected chi connectivity index (χ2v) is 11.7. The van der Waals surface area contributed by atoms with Crippen LogP contribution in [-0.4, -0.2) is 71.9 Å². The normalized spacial score (nSPS) is 13.3. The minimum Gasteiger partial charge on any atom is -0.508 e. The van der Waals surface area contributed by atoms with Gasteiger partial charge in [0, 0.05) is 19.1 Å². The maximum absolute atomic E-state index is 10.9. The largest absolute Gasteiger partial charge is 0.508 e. The molecule has 4 aromatic carbocycles. The topological polar surface area (TPSA) is 91.6 Å². The van der Waals surface area contributed by atoms with E-state index in [4.69, 9.17) is 14.2 Å². The van der Waals surface area contributed by atoms with Gasteiger partial charge in [0.1, 0.15) is 48.4 Å². The first kappa shape index (κ1) is 33.8. The Balaban J connectivity index is 1.22. The summed E-state index contributed by atoms with van der Waals surface area (Å²) in [6.45, 7) is 5.35. The van der Waals surface area contributed by atoms with E-state index >= 15 is 0 Å². The average molecular weight is 614 g/mol. The Morgan fingerprint density at radius 2 is 0.978 bits per heavy atom. The summed E-state index contributed by atoms with van der Waals surface area (Å²) >= 11 is 0. The highest BCUT2D eigenvalue weighted by atomic mass is 16.5. The van der Waals surface area contributed by atoms with E-state index in [9.17, 15) is 15.3 Å². The smallest absolute Gasteiger partial charge is 0.119 e. The number of benzene rings is 4. The Kier molecular flexibility index (Phi) is 13.1. The van der Waals surface area contributed by atoms with Gasteiger partial charge in [-0.3, -0.25) is 4.90 Å². The van der Waals surface area contributed by atoms with Crippen molar-refractivity contribution >= 4 is 0 Å². The zero-order chi connectivity index (χ0) is 32.0. The Morgan fingerprint density at radius 1 is 0.600 bits per heavy atom. The van der Waals surface area contributed by atoms with Crippen LogP contribution in [0.2, 0.25) is 0 Å². The zero-order valence-electron chi connectivity index (χ0n) is 26.6. The fourth-order valence-corrected chi connectivity index (χ4v) is 5.30. The lowest BCUT2D eigenvalue weighted by Crippen LogP contribution is -2.46. The number of hydrogen-bond donors (Lipinski definition) is 3. The average Bonchev–Trinajstić information content (AvgIpc) is 3.05. The summed E-state index contributed by atoms with van der Waals surface area (Å²) in [6, 6.07) is 31.2. The number of rotatable bonds is 18. The van der Waals surface area contributed by atoms with Crippen molar-refractivity contribution in [3.8, 4) is 23.0 Å². The third-order valence-electron chi connectivity index (χ3n) is 7.86. The van der Waals surface area contributed by atoms with Crippen LogP contribution in [0.1, 0.15) is 48.9 Å². The molecule has 3 N–H and O–H groups in total. The molecule has 0 radical (unpaired) electrons. The fourth-order valence-electron chi connectivity index (χ4n) is 5.30. The third-order valence-corrected chi connectivity index (χ3v) is 7.86. The molecule has 0 fully saturated rings. The molecule has 3 atom stereocenters. The molecule has 0 aliphatic carbocycles. The number of phenols is 1. The fraction of sp³-hybridized carbons (Fsp3) is 0.368. The van der Waals surface area contributed by atoms with Gasteiger partial charge in [0.2, 0.25) is 0 Å². The number of phenolic OH excluding ortho intramolecular Hbond substituents is 1. The van der Waals surface area contributed by atoms with Crippen LogP contribution in [-0.2, 0) is 12.8 Å². The maximum atomic E-state index is 10.9. The summed E-state index contributed by atoms with van der Waals surface area (Å²) in [5.74, 6) is 2.51. The van der Waals surface area contributed by atoms with Crippen molar-refractivity contribution in [1.82, 2.24) is 4.90 Å². The molecule has 0 aromatic heterocycles. The SMILES string of the molecule is CCCC(C)N(CC(O)COc1ccc(Cc2ccc(O)cc2)cc1)CC(O)COc1ccc(Cc2ccc(OC)cc2)cc1. The van der Waals surface area contributed by atoms with Crippen molar-refractivity contribution < 1.29 is 29.5 Å². The summed E-state index contributed by atoms with van der Waals surface area (Å²) in [4.78, 5) is 2.12. The molecule has 0 aliphatic heterocycles. The molecule has 0 spiro atoms. The zero-order valence-corrected chi connectivity index (χ0v) is 26.6. The number of hydrogen-bond acceptors (Lipinski definition) is 7. The van der Waals surface area contributed by atoms with Gasteiger partial charge in [-0.25, -0.2) is 0 Å². The Labute approximate surface area is 267 Å². The molecule has 0 saturated carbocycles. The summed E-state index contributed by atoms with van der Waals surface area (Å²) in [5, 5.41) is 31.2. The van der Waals surface area contributed by atoms with Crippen LogP contribution in [0, 0.1) is 0 Å². The minimum absolute atomic E-state index is 0.155. The molecule has 3 unspecified atom stereocenters. The molecular weight excluding hydrogens is 566 g/mol. The summed E-state index contributed by atoms with van der Waals surface area (Å²) in [7, 11) is 1.66. The van der Waals surface area contributed by atoms with Crippen molar-refractivity contribution in [2.75, 3.05) is 33.4 Å². The van der Waals surface area contributed by atoms with Crippen LogP contribution in [0.5, 0.6) is 23.0 Å². The highest BCUT2D eigenvalue weighted by Gasteiger charge is 2.21. The first-order chi connectivity index (χ1) is 21.8. The van der Waals surface area contributed by atoms with Gasteiger partial charge in [0.15, 0.2) is 0 Å². The third kappa shape index (κ3) is 11.4. The van der Waals surface area contributed by atoms with Gasteiger partial charge in [-0.1, -0.05) is 61.9 Å². The Bertz CT molecular complexity index is 1390. The Hall–Kier alpha value is -4.04. The number of aromatic hydroxyl groups is 1. The molecule has 0 heterocycles. The molecule has 7 nitrogen and oxygen atoms in total. The van der Waals surface area contributed by atoms with E-state index in [1.807, 2.05) is 72.8 Å². The quantitative estimate of drug-likeness (QED) is 0.122. The van der Waals surface area contributed by atoms with Gasteiger partial charge in [0.25, 0.3) is 0 Å². The maximum Gasteiger partial charge on any atom is 0.119 e. The van der Waals surface area contributed by atoms with E-state index in [1.165, 1.54) is 11.1 Å². The lowest BCUT2D eigenvalue weighted by Gasteiger charge is -2.32. The van der Waals surface area contributed by atoms with Crippen molar-refractivity contribution in [3.63, 3.8) is 0 Å². The van der Waals surface area contributed by atoms with Crippen molar-refractivity contribution in [3.05, 3.63) is 119 Å². The summed E-state index contributed by atoms with van der Waals surface area (Å²) < 4.78 is 17.0. The number of aliphatic hydroxyl groups excluding tert-OH is 2. The van der Waals surface area contributed by atoms with Gasteiger partial charge in [-0.2, -0.15) is 0 Å². The molecule has 7 heteroatoms. The van der Waals surface area contributed by atoms with Crippen LogP contribution < -0.4 is 14.2 Å². The molecular formula is C38H47NO6. The number of aliphatic hydroxyl groups is 2. The lowest BCUT2D eigenvalue weighted by atomic mass is 10.0. The van der Waals surface area contributed by atoms with E-state index in [2.05, 4.69) is 30.9 Å². The van der Waals surface area contributed by atoms with Crippen LogP contribution in [0.4, 0.5) is 0 Å². The molecule has 4 aromatic rings. The monoisotopic (exact) mass is 613 g/mol. The second-order valence-electron chi connectivity index (χ2n) is 11.7. The molecule has 0 bridgehead atoms. The molecule has 45 heavy (non-hydrogen) atoms. The van der Waals surface area contributed by atoms with E-state index in [0.29, 0.717) is 24.6 Å². The predicted octanol–water partition coefficient (Wildman–Crippen LogP) is 6.25. The van der Waals surface area contributed by atoms with Crippen LogP contribution in [0.3, 0.4) is 0 Å². The molecule has 0 aliphatic rings. The molecule has 240 valence electrons. The minimum atomic E-state index is -0.715. The first-order valence-electron chi connectivity index (χ1n) is 15.8. The van der Waals surface area contributed by atoms with Gasteiger partial charge in [-0.05, 0) is 97.0 Å². The molecule has 0 amide bonds. The van der Waals surface area contributed by atoms with Crippen LogP contribution >= 0.6 is 0 Å². The van der Waals surface area contributed by atoms with E-state index in [0.717, 1.165) is 42.6 Å². The highest BCUT2D eigenvalue weighted by molar-refractivity contribution is 5.35. The van der Waals surface area contributed by atoms with Crippen molar-refractivity contribution in [2.45, 2.75) is 57.8 Å². The summed E-state index contributed by atoms with van der Waals surface area (Å²) in [5.41, 5.74) is 4.63. The standard InChI is InChI=1S/C38H47NO6/c1-4-5-28(2)39(24-34(41)26-44-37-18-10-31(11-19-37)22-29-6-14-33(40)15-7-29)25-35(42)27-45-38-20-12-32(13-21-38)23-30-8-16-36(43-3)17-9-30/h6-21,28,34-35,40-42H,4-5,22-27H2,1-3H3. The number of nitrogens with zero attached hydrogens (tertiary/aromatic N) is 1. The van der Waals surface area contributed by atoms with Crippen molar-refractivity contribution in [1.29, 1.82) is 0 Å². The van der Waals surface area contributed by atoms with Crippen LogP contribution in [0.25, 0.3) is 0 Å². The number of ether oxygens (including phenoxy) is 3. The molecule has 0 saturated heterocycles. The van der Waals surface area contributed by atoms with Gasteiger partial charge < -0.3 is 29.5 Å². The summed E-state index contributed by atoms with van der Waals surface area (Å²) in [6.07, 6.45) is 2.12. The second kappa shape index (κ2) is 17.4. The highest BCUT2D eigenvalue weighted by Crippen LogP contribution is 2.20. The van der Waals surface area contributed by atoms with Crippen LogP contribution in [0.15, 0.2) is 97.1 Å². The van der Waals surface area contributed by atoms with Crippen molar-refractivity contribution in [2.24, 2.45) is 0 Å². The van der Waals surface area contributed by atoms with Gasteiger partial charge >= 0.3 is 0 Å². The van der Waals surface area contributed by atoms with Gasteiger partial charge in [-0.15, -0.1) is 0 Å².